The summed E-state index contributed by atoms with van der Waals surface area (Å²) in [5.41, 5.74) is 1.17. The van der Waals surface area contributed by atoms with Crippen LogP contribution in [0.4, 0.5) is 4.39 Å². The predicted octanol–water partition coefficient (Wildman–Crippen LogP) is 1.27. The SMILES string of the molecule is CN(C)CCN1CCO[C@H]2CN(Cc3ccc(F)cc3)C[C@H]21. The fraction of sp³-hybridized carbons (Fsp3) is 0.647. The van der Waals surface area contributed by atoms with Crippen molar-refractivity contribution in [2.24, 2.45) is 0 Å². The van der Waals surface area contributed by atoms with E-state index >= 15 is 0 Å². The van der Waals surface area contributed by atoms with Gasteiger partial charge in [0.05, 0.1) is 12.7 Å². The molecule has 0 aliphatic carbocycles. The Kier molecular flexibility index (Phi) is 5.08. The van der Waals surface area contributed by atoms with Crippen LogP contribution in [0, 0.1) is 5.82 Å². The number of likely N-dealkylation sites (tertiary alicyclic amines) is 1. The molecule has 2 atom stereocenters. The summed E-state index contributed by atoms with van der Waals surface area (Å²) in [6, 6.07) is 7.33. The first kappa shape index (κ1) is 15.9. The zero-order chi connectivity index (χ0) is 15.5. The van der Waals surface area contributed by atoms with Crippen molar-refractivity contribution in [3.63, 3.8) is 0 Å². The van der Waals surface area contributed by atoms with E-state index in [2.05, 4.69) is 28.8 Å². The topological polar surface area (TPSA) is 19.0 Å². The highest BCUT2D eigenvalue weighted by atomic mass is 19.1. The van der Waals surface area contributed by atoms with Crippen LogP contribution in [0.3, 0.4) is 0 Å². The smallest absolute Gasteiger partial charge is 0.123 e. The van der Waals surface area contributed by atoms with Crippen molar-refractivity contribution in [2.45, 2.75) is 18.7 Å². The molecule has 0 aromatic heterocycles. The summed E-state index contributed by atoms with van der Waals surface area (Å²) in [7, 11) is 4.24. The maximum absolute atomic E-state index is 13.0. The molecule has 1 aromatic rings. The molecule has 3 rings (SSSR count). The van der Waals surface area contributed by atoms with Crippen LogP contribution in [-0.4, -0.2) is 80.3 Å². The third-order valence-corrected chi connectivity index (χ3v) is 4.65. The minimum atomic E-state index is -0.169. The van der Waals surface area contributed by atoms with E-state index in [1.807, 2.05) is 12.1 Å². The molecule has 2 heterocycles. The lowest BCUT2D eigenvalue weighted by Gasteiger charge is -2.37. The Balaban J connectivity index is 1.58. The maximum atomic E-state index is 13.0. The van der Waals surface area contributed by atoms with Crippen molar-refractivity contribution in [1.29, 1.82) is 0 Å². The summed E-state index contributed by atoms with van der Waals surface area (Å²) in [6.07, 6.45) is 0.316. The quantitative estimate of drug-likeness (QED) is 0.815. The predicted molar refractivity (Wildman–Crippen MR) is 85.3 cm³/mol. The maximum Gasteiger partial charge on any atom is 0.123 e. The first-order chi connectivity index (χ1) is 10.6. The van der Waals surface area contributed by atoms with Gasteiger partial charge in [-0.25, -0.2) is 4.39 Å². The molecule has 0 saturated carbocycles. The molecule has 2 saturated heterocycles. The summed E-state index contributed by atoms with van der Waals surface area (Å²) >= 11 is 0. The molecule has 0 unspecified atom stereocenters. The van der Waals surface area contributed by atoms with E-state index in [1.165, 1.54) is 5.56 Å². The van der Waals surface area contributed by atoms with E-state index in [-0.39, 0.29) is 5.82 Å². The molecule has 4 nitrogen and oxygen atoms in total. The minimum absolute atomic E-state index is 0.169. The summed E-state index contributed by atoms with van der Waals surface area (Å²) < 4.78 is 19.0. The number of benzene rings is 1. The summed E-state index contributed by atoms with van der Waals surface area (Å²) in [5, 5.41) is 0. The van der Waals surface area contributed by atoms with Gasteiger partial charge in [0.25, 0.3) is 0 Å². The fourth-order valence-electron chi connectivity index (χ4n) is 3.42. The van der Waals surface area contributed by atoms with Crippen LogP contribution in [0.1, 0.15) is 5.56 Å². The Bertz CT molecular complexity index is 479. The highest BCUT2D eigenvalue weighted by Crippen LogP contribution is 2.24. The average molecular weight is 307 g/mol. The van der Waals surface area contributed by atoms with Crippen molar-refractivity contribution in [3.8, 4) is 0 Å². The lowest BCUT2D eigenvalue weighted by atomic mass is 10.1. The number of nitrogens with zero attached hydrogens (tertiary/aromatic N) is 3. The molecule has 0 bridgehead atoms. The molecule has 0 spiro atoms. The minimum Gasteiger partial charge on any atom is -0.374 e. The Hall–Kier alpha value is -1.01. The second kappa shape index (κ2) is 7.04. The molecular formula is C17H26FN3O. The van der Waals surface area contributed by atoms with E-state index in [9.17, 15) is 4.39 Å². The zero-order valence-corrected chi connectivity index (χ0v) is 13.5. The lowest BCUT2D eigenvalue weighted by Crippen LogP contribution is -2.52. The van der Waals surface area contributed by atoms with E-state index in [4.69, 9.17) is 4.74 Å². The van der Waals surface area contributed by atoms with Gasteiger partial charge in [-0.2, -0.15) is 0 Å². The van der Waals surface area contributed by atoms with E-state index in [0.717, 1.165) is 45.9 Å². The number of morpholine rings is 1. The number of ether oxygens (including phenoxy) is 1. The van der Waals surface area contributed by atoms with Gasteiger partial charge in [-0.1, -0.05) is 12.1 Å². The number of hydrogen-bond donors (Lipinski definition) is 0. The highest BCUT2D eigenvalue weighted by Gasteiger charge is 2.39. The second-order valence-corrected chi connectivity index (χ2v) is 6.64. The number of likely N-dealkylation sites (N-methyl/N-ethyl adjacent to an activating group) is 1. The third kappa shape index (κ3) is 3.84. The molecule has 2 aliphatic heterocycles. The van der Waals surface area contributed by atoms with Gasteiger partial charge in [0.1, 0.15) is 5.82 Å². The molecule has 1 aromatic carbocycles. The van der Waals surface area contributed by atoms with Gasteiger partial charge in [0.15, 0.2) is 0 Å². The number of halogens is 1. The number of fused-ring (bicyclic) bond motifs is 1. The standard InChI is InChI=1S/C17H26FN3O/c1-19(2)7-8-21-9-10-22-17-13-20(12-16(17)21)11-14-3-5-15(18)6-4-14/h3-6,16-17H,7-13H2,1-2H3/t16-,17+/m1/s1. The summed E-state index contributed by atoms with van der Waals surface area (Å²) in [4.78, 5) is 7.23. The molecule has 0 amide bonds. The molecule has 22 heavy (non-hydrogen) atoms. The van der Waals surface area contributed by atoms with Crippen LogP contribution in [0.25, 0.3) is 0 Å². The Labute approximate surface area is 132 Å². The van der Waals surface area contributed by atoms with Gasteiger partial charge in [-0.15, -0.1) is 0 Å². The van der Waals surface area contributed by atoms with Crippen molar-refractivity contribution in [2.75, 3.05) is 53.4 Å². The molecule has 2 fully saturated rings. The Morgan fingerprint density at radius 3 is 2.73 bits per heavy atom. The lowest BCUT2D eigenvalue weighted by molar-refractivity contribution is -0.0483. The fourth-order valence-corrected chi connectivity index (χ4v) is 3.42. The van der Waals surface area contributed by atoms with Crippen molar-refractivity contribution >= 4 is 0 Å². The molecule has 5 heteroatoms. The second-order valence-electron chi connectivity index (χ2n) is 6.64. The first-order valence-electron chi connectivity index (χ1n) is 8.09. The van der Waals surface area contributed by atoms with Crippen LogP contribution in [0.15, 0.2) is 24.3 Å². The Morgan fingerprint density at radius 2 is 2.00 bits per heavy atom. The largest absolute Gasteiger partial charge is 0.374 e. The summed E-state index contributed by atoms with van der Waals surface area (Å²) in [5.74, 6) is -0.169. The molecule has 0 radical (unpaired) electrons. The van der Waals surface area contributed by atoms with Crippen LogP contribution >= 0.6 is 0 Å². The summed E-state index contributed by atoms with van der Waals surface area (Å²) in [6.45, 7) is 6.93. The van der Waals surface area contributed by atoms with Gasteiger partial charge in [-0.3, -0.25) is 9.80 Å². The number of hydrogen-bond acceptors (Lipinski definition) is 4. The van der Waals surface area contributed by atoms with E-state index < -0.39 is 0 Å². The van der Waals surface area contributed by atoms with Crippen LogP contribution in [-0.2, 0) is 11.3 Å². The van der Waals surface area contributed by atoms with Gasteiger partial charge in [0, 0.05) is 45.3 Å². The molecule has 2 aliphatic rings. The van der Waals surface area contributed by atoms with E-state index in [0.29, 0.717) is 12.1 Å². The van der Waals surface area contributed by atoms with Gasteiger partial charge < -0.3 is 9.64 Å². The van der Waals surface area contributed by atoms with Crippen LogP contribution in [0.5, 0.6) is 0 Å². The molecular weight excluding hydrogens is 281 g/mol. The number of rotatable bonds is 5. The van der Waals surface area contributed by atoms with Crippen LogP contribution in [0.2, 0.25) is 0 Å². The van der Waals surface area contributed by atoms with Crippen molar-refractivity contribution in [3.05, 3.63) is 35.6 Å². The average Bonchev–Trinajstić information content (AvgIpc) is 2.90. The first-order valence-corrected chi connectivity index (χ1v) is 8.09. The van der Waals surface area contributed by atoms with Gasteiger partial charge in [0.2, 0.25) is 0 Å². The van der Waals surface area contributed by atoms with Crippen LogP contribution < -0.4 is 0 Å². The zero-order valence-electron chi connectivity index (χ0n) is 13.5. The van der Waals surface area contributed by atoms with Gasteiger partial charge in [-0.05, 0) is 31.8 Å². The molecule has 0 N–H and O–H groups in total. The van der Waals surface area contributed by atoms with Gasteiger partial charge >= 0.3 is 0 Å². The third-order valence-electron chi connectivity index (χ3n) is 4.65. The molecule has 122 valence electrons. The monoisotopic (exact) mass is 307 g/mol. The normalized spacial score (nSPS) is 26.5. The van der Waals surface area contributed by atoms with E-state index in [1.54, 1.807) is 12.1 Å². The highest BCUT2D eigenvalue weighted by molar-refractivity contribution is 5.16. The van der Waals surface area contributed by atoms with Crippen molar-refractivity contribution in [1.82, 2.24) is 14.7 Å². The Morgan fingerprint density at radius 1 is 1.23 bits per heavy atom. The van der Waals surface area contributed by atoms with Crippen molar-refractivity contribution < 1.29 is 9.13 Å².